The maximum Gasteiger partial charge on any atom is 0.256 e. The number of nitrogens with zero attached hydrogens (tertiary/aromatic N) is 3. The van der Waals surface area contributed by atoms with Gasteiger partial charge in [-0.15, -0.1) is 0 Å². The van der Waals surface area contributed by atoms with Gasteiger partial charge >= 0.3 is 0 Å². The number of aryl methyl sites for hydroxylation is 1. The van der Waals surface area contributed by atoms with Crippen molar-refractivity contribution in [2.75, 3.05) is 5.32 Å². The number of rotatable bonds is 3. The predicted molar refractivity (Wildman–Crippen MR) is 83.6 cm³/mol. The van der Waals surface area contributed by atoms with Gasteiger partial charge in [-0.1, -0.05) is 18.9 Å². The van der Waals surface area contributed by atoms with E-state index in [4.69, 9.17) is 5.26 Å². The molecule has 0 spiro atoms. The van der Waals surface area contributed by atoms with Gasteiger partial charge in [0.1, 0.15) is 5.82 Å². The van der Waals surface area contributed by atoms with Crippen molar-refractivity contribution in [1.82, 2.24) is 9.78 Å². The quantitative estimate of drug-likeness (QED) is 0.942. The van der Waals surface area contributed by atoms with Gasteiger partial charge in [0.15, 0.2) is 0 Å². The summed E-state index contributed by atoms with van der Waals surface area (Å²) < 4.78 is 1.94. The average Bonchev–Trinajstić information content (AvgIpc) is 3.16. The van der Waals surface area contributed by atoms with Gasteiger partial charge in [-0.25, -0.2) is 4.68 Å². The highest BCUT2D eigenvalue weighted by molar-refractivity contribution is 6.04. The molecule has 1 aliphatic carbocycles. The molecule has 1 fully saturated rings. The fourth-order valence-corrected chi connectivity index (χ4v) is 2.96. The number of hydrogen-bond acceptors (Lipinski definition) is 3. The molecule has 1 amide bonds. The molecule has 1 aromatic carbocycles. The Balaban J connectivity index is 1.83. The van der Waals surface area contributed by atoms with Crippen LogP contribution >= 0.6 is 0 Å². The molecule has 0 atom stereocenters. The minimum Gasteiger partial charge on any atom is -0.307 e. The third-order valence-electron chi connectivity index (χ3n) is 4.02. The fourth-order valence-electron chi connectivity index (χ4n) is 2.96. The highest BCUT2D eigenvalue weighted by Gasteiger charge is 2.21. The van der Waals surface area contributed by atoms with Crippen LogP contribution in [-0.2, 0) is 0 Å². The van der Waals surface area contributed by atoms with E-state index in [1.807, 2.05) is 23.7 Å². The van der Waals surface area contributed by atoms with Gasteiger partial charge in [0, 0.05) is 11.6 Å². The molecule has 0 radical (unpaired) electrons. The lowest BCUT2D eigenvalue weighted by Crippen LogP contribution is -2.17. The van der Waals surface area contributed by atoms with Gasteiger partial charge < -0.3 is 5.32 Å². The number of benzene rings is 1. The summed E-state index contributed by atoms with van der Waals surface area (Å²) in [5, 5.41) is 16.4. The molecule has 1 heterocycles. The lowest BCUT2D eigenvalue weighted by atomic mass is 10.1. The molecular formula is C17H18N4O. The Bertz CT molecular complexity index is 735. The van der Waals surface area contributed by atoms with Crippen molar-refractivity contribution in [3.63, 3.8) is 0 Å². The highest BCUT2D eigenvalue weighted by Crippen LogP contribution is 2.31. The Labute approximate surface area is 129 Å². The lowest BCUT2D eigenvalue weighted by Gasteiger charge is -2.14. The second kappa shape index (κ2) is 6.02. The van der Waals surface area contributed by atoms with Crippen molar-refractivity contribution in [2.24, 2.45) is 0 Å². The van der Waals surface area contributed by atoms with Crippen LogP contribution < -0.4 is 5.32 Å². The van der Waals surface area contributed by atoms with Crippen molar-refractivity contribution in [2.45, 2.75) is 38.6 Å². The average molecular weight is 294 g/mol. The number of anilines is 1. The second-order valence-corrected chi connectivity index (χ2v) is 5.70. The van der Waals surface area contributed by atoms with E-state index in [1.165, 1.54) is 12.8 Å². The van der Waals surface area contributed by atoms with Crippen molar-refractivity contribution in [1.29, 1.82) is 5.26 Å². The first-order valence-corrected chi connectivity index (χ1v) is 7.55. The summed E-state index contributed by atoms with van der Waals surface area (Å²) in [6.07, 6.45) is 4.63. The monoisotopic (exact) mass is 294 g/mol. The number of nitriles is 1. The van der Waals surface area contributed by atoms with Crippen LogP contribution in [0.3, 0.4) is 0 Å². The maximum absolute atomic E-state index is 12.4. The number of nitrogens with one attached hydrogen (secondary N) is 1. The number of hydrogen-bond donors (Lipinski definition) is 1. The number of carbonyl (C=O) groups is 1. The van der Waals surface area contributed by atoms with Crippen LogP contribution in [0.4, 0.5) is 5.82 Å². The fraction of sp³-hybridized carbons (Fsp3) is 0.353. The van der Waals surface area contributed by atoms with E-state index in [2.05, 4.69) is 10.4 Å². The first-order valence-electron chi connectivity index (χ1n) is 7.55. The Morgan fingerprint density at radius 2 is 2.14 bits per heavy atom. The van der Waals surface area contributed by atoms with E-state index in [9.17, 15) is 4.79 Å². The maximum atomic E-state index is 12.4. The molecule has 5 heteroatoms. The van der Waals surface area contributed by atoms with Gasteiger partial charge in [-0.2, -0.15) is 10.4 Å². The molecule has 22 heavy (non-hydrogen) atoms. The summed E-state index contributed by atoms with van der Waals surface area (Å²) in [5.74, 6) is 0.521. The SMILES string of the molecule is Cc1cc(NC(=O)c2cccc(C#N)c2)n(C2CCCC2)n1. The molecule has 0 unspecified atom stereocenters. The third-order valence-corrected chi connectivity index (χ3v) is 4.02. The van der Waals surface area contributed by atoms with Gasteiger partial charge in [0.25, 0.3) is 5.91 Å². The van der Waals surface area contributed by atoms with Crippen LogP contribution in [-0.4, -0.2) is 15.7 Å². The largest absolute Gasteiger partial charge is 0.307 e. The molecule has 2 aromatic rings. The van der Waals surface area contributed by atoms with Crippen molar-refractivity contribution in [3.8, 4) is 6.07 Å². The summed E-state index contributed by atoms with van der Waals surface area (Å²) >= 11 is 0. The van der Waals surface area contributed by atoms with E-state index >= 15 is 0 Å². The molecule has 0 aliphatic heterocycles. The van der Waals surface area contributed by atoms with E-state index < -0.39 is 0 Å². The van der Waals surface area contributed by atoms with Crippen LogP contribution in [0.1, 0.15) is 53.3 Å². The normalized spacial score (nSPS) is 14.7. The Morgan fingerprint density at radius 3 is 2.86 bits per heavy atom. The molecule has 1 aromatic heterocycles. The van der Waals surface area contributed by atoms with Crippen LogP contribution in [0.2, 0.25) is 0 Å². The number of aromatic nitrogens is 2. The number of carbonyl (C=O) groups excluding carboxylic acids is 1. The van der Waals surface area contributed by atoms with E-state index in [0.29, 0.717) is 17.2 Å². The summed E-state index contributed by atoms with van der Waals surface area (Å²) in [6.45, 7) is 1.93. The second-order valence-electron chi connectivity index (χ2n) is 5.70. The molecule has 0 bridgehead atoms. The van der Waals surface area contributed by atoms with Crippen LogP contribution in [0, 0.1) is 18.3 Å². The van der Waals surface area contributed by atoms with Gasteiger partial charge in [0.05, 0.1) is 23.4 Å². The Morgan fingerprint density at radius 1 is 1.36 bits per heavy atom. The summed E-state index contributed by atoms with van der Waals surface area (Å²) in [6, 6.07) is 11.0. The zero-order chi connectivity index (χ0) is 15.5. The first kappa shape index (κ1) is 14.3. The third kappa shape index (κ3) is 2.86. The van der Waals surface area contributed by atoms with E-state index in [1.54, 1.807) is 24.3 Å². The minimum absolute atomic E-state index is 0.212. The predicted octanol–water partition coefficient (Wildman–Crippen LogP) is 3.43. The summed E-state index contributed by atoms with van der Waals surface area (Å²) in [7, 11) is 0. The van der Waals surface area contributed by atoms with Crippen LogP contribution in [0.15, 0.2) is 30.3 Å². The number of amides is 1. The topological polar surface area (TPSA) is 70.7 Å². The van der Waals surface area contributed by atoms with Crippen LogP contribution in [0.5, 0.6) is 0 Å². The standard InChI is InChI=1S/C17H18N4O/c1-12-9-16(21(20-12)15-7-2-3-8-15)19-17(22)14-6-4-5-13(10-14)11-18/h4-6,9-10,15H,2-3,7-8H2,1H3,(H,19,22). The smallest absolute Gasteiger partial charge is 0.256 e. The molecule has 1 aliphatic rings. The molecule has 0 saturated heterocycles. The summed E-state index contributed by atoms with van der Waals surface area (Å²) in [4.78, 5) is 12.4. The summed E-state index contributed by atoms with van der Waals surface area (Å²) in [5.41, 5.74) is 1.86. The molecular weight excluding hydrogens is 276 g/mol. The zero-order valence-corrected chi connectivity index (χ0v) is 12.5. The van der Waals surface area contributed by atoms with E-state index in [-0.39, 0.29) is 5.91 Å². The molecule has 1 saturated carbocycles. The Kier molecular flexibility index (Phi) is 3.92. The highest BCUT2D eigenvalue weighted by atomic mass is 16.1. The van der Waals surface area contributed by atoms with Gasteiger partial charge in [-0.05, 0) is 38.0 Å². The minimum atomic E-state index is -0.212. The van der Waals surface area contributed by atoms with Gasteiger partial charge in [-0.3, -0.25) is 4.79 Å². The van der Waals surface area contributed by atoms with E-state index in [0.717, 1.165) is 24.4 Å². The first-order chi connectivity index (χ1) is 10.7. The lowest BCUT2D eigenvalue weighted by molar-refractivity contribution is 0.102. The molecule has 3 rings (SSSR count). The van der Waals surface area contributed by atoms with Crippen molar-refractivity contribution >= 4 is 11.7 Å². The van der Waals surface area contributed by atoms with Crippen molar-refractivity contribution in [3.05, 3.63) is 47.2 Å². The van der Waals surface area contributed by atoms with Crippen LogP contribution in [0.25, 0.3) is 0 Å². The Hall–Kier alpha value is -2.61. The van der Waals surface area contributed by atoms with Crippen molar-refractivity contribution < 1.29 is 4.79 Å². The molecule has 1 N–H and O–H groups in total. The zero-order valence-electron chi connectivity index (χ0n) is 12.5. The molecule has 112 valence electrons. The van der Waals surface area contributed by atoms with Gasteiger partial charge in [0.2, 0.25) is 0 Å². The molecule has 5 nitrogen and oxygen atoms in total.